The molecule has 2 radical (unpaired) electrons. The molecule has 0 N–H and O–H groups in total. The summed E-state index contributed by atoms with van der Waals surface area (Å²) in [7, 11) is -2.37. The lowest BCUT2D eigenvalue weighted by Crippen LogP contribution is -2.57. The minimum atomic E-state index is -1.19. The summed E-state index contributed by atoms with van der Waals surface area (Å²) in [6, 6.07) is 42.5. The maximum atomic E-state index is 7.28. The van der Waals surface area contributed by atoms with Crippen LogP contribution in [0.3, 0.4) is 0 Å². The second-order valence-corrected chi connectivity index (χ2v) is 12.9. The number of hydrogen-bond acceptors (Lipinski definition) is 2. The van der Waals surface area contributed by atoms with Crippen molar-refractivity contribution in [1.82, 2.24) is 0 Å². The predicted octanol–water partition coefficient (Wildman–Crippen LogP) is 7.41. The molecule has 0 saturated carbocycles. The van der Waals surface area contributed by atoms with Crippen LogP contribution in [0.4, 0.5) is 0 Å². The van der Waals surface area contributed by atoms with Gasteiger partial charge in [-0.15, -0.1) is 0 Å². The predicted molar refractivity (Wildman–Crippen MR) is 144 cm³/mol. The fourth-order valence-corrected chi connectivity index (χ4v) is 6.81. The second kappa shape index (κ2) is 10.7. The van der Waals surface area contributed by atoms with E-state index in [0.717, 1.165) is 22.3 Å². The van der Waals surface area contributed by atoms with Gasteiger partial charge in [0.05, 0.1) is 0 Å². The molecule has 0 heterocycles. The zero-order valence-corrected chi connectivity index (χ0v) is 22.4. The fraction of sp³-hybridized carbons (Fsp3) is 0.200. The van der Waals surface area contributed by atoms with Gasteiger partial charge in [-0.1, -0.05) is 121 Å². The van der Waals surface area contributed by atoms with Crippen molar-refractivity contribution < 1.29 is 8.85 Å². The van der Waals surface area contributed by atoms with Crippen molar-refractivity contribution >= 4 is 18.1 Å². The van der Waals surface area contributed by atoms with Gasteiger partial charge >= 0.3 is 0 Å². The van der Waals surface area contributed by atoms with Crippen molar-refractivity contribution in [2.24, 2.45) is 0 Å². The topological polar surface area (TPSA) is 18.5 Å². The number of hydrogen-bond donors (Lipinski definition) is 0. The third-order valence-electron chi connectivity index (χ3n) is 5.93. The molecular weight excluding hydrogens is 449 g/mol. The molecule has 0 unspecified atom stereocenters. The van der Waals surface area contributed by atoms with Gasteiger partial charge in [0.15, 0.2) is 0 Å². The Morgan fingerprint density at radius 3 is 0.765 bits per heavy atom. The molecule has 4 aromatic carbocycles. The van der Waals surface area contributed by atoms with Crippen LogP contribution >= 0.6 is 0 Å². The van der Waals surface area contributed by atoms with Crippen molar-refractivity contribution in [1.29, 1.82) is 0 Å². The first-order valence-electron chi connectivity index (χ1n) is 11.7. The van der Waals surface area contributed by atoms with E-state index in [0.29, 0.717) is 0 Å². The van der Waals surface area contributed by atoms with E-state index in [2.05, 4.69) is 148 Å². The Bertz CT molecular complexity index is 974. The average Bonchev–Trinajstić information content (AvgIpc) is 2.88. The summed E-state index contributed by atoms with van der Waals surface area (Å²) in [6.45, 7) is 8.82. The molecule has 172 valence electrons. The van der Waals surface area contributed by atoms with Gasteiger partial charge in [-0.05, 0) is 48.4 Å². The molecule has 4 rings (SSSR count). The van der Waals surface area contributed by atoms with E-state index >= 15 is 0 Å². The van der Waals surface area contributed by atoms with E-state index in [4.69, 9.17) is 8.85 Å². The molecule has 0 aliphatic rings. The summed E-state index contributed by atoms with van der Waals surface area (Å²) in [4.78, 5) is 0. The van der Waals surface area contributed by atoms with Gasteiger partial charge < -0.3 is 8.85 Å². The zero-order chi connectivity index (χ0) is 24.0. The Labute approximate surface area is 207 Å². The van der Waals surface area contributed by atoms with Crippen LogP contribution in [0, 0.1) is 0 Å². The van der Waals surface area contributed by atoms with Gasteiger partial charge in [0.2, 0.25) is 18.1 Å². The van der Waals surface area contributed by atoms with E-state index in [-0.39, 0.29) is 0 Å². The van der Waals surface area contributed by atoms with Crippen LogP contribution in [0.25, 0.3) is 0 Å². The number of rotatable bonds is 9. The Morgan fingerprint density at radius 2 is 0.588 bits per heavy atom. The first-order chi connectivity index (χ1) is 16.5. The monoisotopic (exact) mass is 480 g/mol. The summed E-state index contributed by atoms with van der Waals surface area (Å²) >= 11 is 0. The van der Waals surface area contributed by atoms with Crippen LogP contribution in [0.15, 0.2) is 121 Å². The van der Waals surface area contributed by atoms with Gasteiger partial charge in [0.25, 0.3) is 0 Å². The summed E-state index contributed by atoms with van der Waals surface area (Å²) < 4.78 is 14.6. The summed E-state index contributed by atoms with van der Waals surface area (Å²) in [6.07, 6.45) is 0. The smallest absolute Gasteiger partial charge is 0.206 e. The van der Waals surface area contributed by atoms with Crippen molar-refractivity contribution in [2.45, 2.75) is 37.4 Å². The van der Waals surface area contributed by atoms with Crippen LogP contribution in [0.1, 0.15) is 22.3 Å². The minimum absolute atomic E-state index is 0.891. The SMILES string of the molecule is C[Si](C)OC(c1ccccc1)(c1ccccc1)C(O[Si](C)C)(c1ccccc1)c1ccccc1. The molecule has 0 fully saturated rings. The first-order valence-corrected chi connectivity index (χ1v) is 16.5. The molecule has 0 aromatic heterocycles. The van der Waals surface area contributed by atoms with Crippen molar-refractivity contribution in [3.8, 4) is 0 Å². The standard InChI is InChI=1S/C30H32O2Si2/c1-33(2)31-29(25-17-9-5-10-18-25,26-19-11-6-12-20-26)30(32-34(3)4,27-21-13-7-14-22-27)28-23-15-8-16-24-28/h5-24H,1-4H3. The third-order valence-corrected chi connectivity index (χ3v) is 7.36. The van der Waals surface area contributed by atoms with Gasteiger partial charge in [-0.3, -0.25) is 0 Å². The van der Waals surface area contributed by atoms with Crippen molar-refractivity contribution in [3.05, 3.63) is 144 Å². The van der Waals surface area contributed by atoms with Crippen LogP contribution in [-0.2, 0) is 20.1 Å². The van der Waals surface area contributed by atoms with Crippen LogP contribution in [-0.4, -0.2) is 18.1 Å². The van der Waals surface area contributed by atoms with Crippen LogP contribution in [0.2, 0.25) is 26.2 Å². The average molecular weight is 481 g/mol. The molecule has 0 amide bonds. The summed E-state index contributed by atoms with van der Waals surface area (Å²) in [5.74, 6) is 0. The molecule has 0 saturated heterocycles. The zero-order valence-electron chi connectivity index (χ0n) is 20.4. The molecular formula is C30H32O2Si2. The Hall–Kier alpha value is -2.77. The molecule has 4 aromatic rings. The Balaban J connectivity index is 2.23. The largest absolute Gasteiger partial charge is 0.401 e. The molecule has 0 bridgehead atoms. The Kier molecular flexibility index (Phi) is 7.64. The molecule has 0 spiro atoms. The summed E-state index contributed by atoms with van der Waals surface area (Å²) in [5.41, 5.74) is 2.56. The Morgan fingerprint density at radius 1 is 0.382 bits per heavy atom. The van der Waals surface area contributed by atoms with Crippen molar-refractivity contribution in [3.63, 3.8) is 0 Å². The van der Waals surface area contributed by atoms with E-state index in [1.54, 1.807) is 0 Å². The highest BCUT2D eigenvalue weighted by molar-refractivity contribution is 6.49. The molecule has 2 nitrogen and oxygen atoms in total. The second-order valence-electron chi connectivity index (χ2n) is 8.85. The molecule has 0 aliphatic carbocycles. The van der Waals surface area contributed by atoms with Crippen LogP contribution in [0.5, 0.6) is 0 Å². The number of benzene rings is 4. The lowest BCUT2D eigenvalue weighted by Gasteiger charge is -2.53. The van der Waals surface area contributed by atoms with Gasteiger partial charge in [0.1, 0.15) is 11.2 Å². The van der Waals surface area contributed by atoms with Gasteiger partial charge in [-0.2, -0.15) is 0 Å². The highest BCUT2D eigenvalue weighted by atomic mass is 28.3. The first kappa shape index (κ1) is 24.4. The van der Waals surface area contributed by atoms with Crippen LogP contribution < -0.4 is 0 Å². The maximum absolute atomic E-state index is 7.28. The molecule has 4 heteroatoms. The van der Waals surface area contributed by atoms with Gasteiger partial charge in [-0.25, -0.2) is 0 Å². The van der Waals surface area contributed by atoms with E-state index in [1.165, 1.54) is 0 Å². The lowest BCUT2D eigenvalue weighted by molar-refractivity contribution is -0.0813. The third kappa shape index (κ3) is 4.47. The normalized spacial score (nSPS) is 12.3. The van der Waals surface area contributed by atoms with Gasteiger partial charge in [0, 0.05) is 0 Å². The fourth-order valence-electron chi connectivity index (χ4n) is 4.83. The van der Waals surface area contributed by atoms with E-state index in [1.807, 2.05) is 0 Å². The highest BCUT2D eigenvalue weighted by Crippen LogP contribution is 2.55. The maximum Gasteiger partial charge on any atom is 0.206 e. The van der Waals surface area contributed by atoms with E-state index in [9.17, 15) is 0 Å². The lowest BCUT2D eigenvalue weighted by atomic mass is 9.66. The molecule has 34 heavy (non-hydrogen) atoms. The van der Waals surface area contributed by atoms with E-state index < -0.39 is 29.3 Å². The molecule has 0 aliphatic heterocycles. The van der Waals surface area contributed by atoms with Crippen molar-refractivity contribution in [2.75, 3.05) is 0 Å². The minimum Gasteiger partial charge on any atom is -0.401 e. The quantitative estimate of drug-likeness (QED) is 0.232. The summed E-state index contributed by atoms with van der Waals surface area (Å²) in [5, 5.41) is 0. The molecule has 0 atom stereocenters. The highest BCUT2D eigenvalue weighted by Gasteiger charge is 2.58.